The van der Waals surface area contributed by atoms with Gasteiger partial charge in [0.15, 0.2) is 5.78 Å². The van der Waals surface area contributed by atoms with Gasteiger partial charge in [-0.25, -0.2) is 27.2 Å². The van der Waals surface area contributed by atoms with Crippen molar-refractivity contribution in [2.24, 2.45) is 34.5 Å². The average molecular weight is 859 g/mol. The van der Waals surface area contributed by atoms with Crippen molar-refractivity contribution in [2.75, 3.05) is 13.7 Å². The molecule has 3 aliphatic carbocycles. The van der Waals surface area contributed by atoms with Gasteiger partial charge in [0.25, 0.3) is 0 Å². The third kappa shape index (κ3) is 8.86. The first-order chi connectivity index (χ1) is 28.3. The first-order valence-corrected chi connectivity index (χ1v) is 23.3. The van der Waals surface area contributed by atoms with Crippen molar-refractivity contribution in [1.29, 1.82) is 0 Å². The number of carbonyl (C=O) groups is 4. The first kappa shape index (κ1) is 44.1. The summed E-state index contributed by atoms with van der Waals surface area (Å²) in [6.45, 7) is 9.25. The average Bonchev–Trinajstić information content (AvgIpc) is 4.10. The maximum absolute atomic E-state index is 15.1. The van der Waals surface area contributed by atoms with Crippen molar-refractivity contribution in [3.8, 4) is 11.6 Å². The Morgan fingerprint density at radius 3 is 2.43 bits per heavy atom. The van der Waals surface area contributed by atoms with E-state index in [0.29, 0.717) is 48.2 Å². The van der Waals surface area contributed by atoms with Gasteiger partial charge in [-0.05, 0) is 94.6 Å². The molecule has 2 amide bonds. The number of fused-ring (bicyclic) bond motifs is 5. The molecule has 1 aromatic heterocycles. The number of benzene rings is 1. The number of ketones is 1. The van der Waals surface area contributed by atoms with Gasteiger partial charge in [-0.1, -0.05) is 40.5 Å². The molecular weight excluding hydrogens is 799 g/mol. The van der Waals surface area contributed by atoms with E-state index in [-0.39, 0.29) is 31.2 Å². The van der Waals surface area contributed by atoms with E-state index in [1.54, 1.807) is 19.2 Å². The zero-order valence-corrected chi connectivity index (χ0v) is 36.5. The number of methoxy groups -OCH3 is 1. The molecule has 1 N–H and O–H groups in total. The highest BCUT2D eigenvalue weighted by atomic mass is 32.2. The minimum atomic E-state index is -4.10. The number of ether oxygens (including phenoxy) is 3. The lowest BCUT2D eigenvalue weighted by Crippen LogP contribution is -2.50. The fraction of sp³-hybridized carbons (Fsp3) is 0.727. The van der Waals surface area contributed by atoms with Crippen molar-refractivity contribution in [3.63, 3.8) is 0 Å². The normalized spacial score (nSPS) is 31.7. The van der Waals surface area contributed by atoms with Crippen LogP contribution in [0.2, 0.25) is 0 Å². The minimum absolute atomic E-state index is 0.0973. The second-order valence-electron chi connectivity index (χ2n) is 19.2. The van der Waals surface area contributed by atoms with E-state index < -0.39 is 98.0 Å². The van der Waals surface area contributed by atoms with Crippen LogP contribution in [0.25, 0.3) is 11.0 Å². The van der Waals surface area contributed by atoms with Crippen LogP contribution < -0.4 is 14.2 Å². The summed E-state index contributed by atoms with van der Waals surface area (Å²) in [6, 6.07) is 4.14. The number of rotatable bonds is 9. The van der Waals surface area contributed by atoms with Crippen LogP contribution >= 0.6 is 0 Å². The van der Waals surface area contributed by atoms with Crippen LogP contribution in [0.3, 0.4) is 0 Å². The molecule has 5 aliphatic rings. The first-order valence-electron chi connectivity index (χ1n) is 21.7. The lowest BCUT2D eigenvalue weighted by molar-refractivity contribution is -0.167. The molecule has 1 saturated heterocycles. The molecule has 1 unspecified atom stereocenters. The van der Waals surface area contributed by atoms with E-state index in [1.807, 2.05) is 45.4 Å². The van der Waals surface area contributed by atoms with Crippen LogP contribution in [-0.2, 0) is 40.4 Å². The van der Waals surface area contributed by atoms with Gasteiger partial charge < -0.3 is 19.1 Å². The fourth-order valence-electron chi connectivity index (χ4n) is 10.1. The smallest absolute Gasteiger partial charge is 0.307 e. The predicted molar refractivity (Wildman–Crippen MR) is 218 cm³/mol. The van der Waals surface area contributed by atoms with Gasteiger partial charge in [-0.15, -0.1) is 0 Å². The number of carbonyl (C=O) groups excluding carboxylic acids is 4. The molecule has 13 nitrogen and oxygen atoms in total. The van der Waals surface area contributed by atoms with Gasteiger partial charge in [0.05, 0.1) is 53.7 Å². The summed E-state index contributed by atoms with van der Waals surface area (Å²) >= 11 is 0. The largest absolute Gasteiger partial charge is 0.497 e. The lowest BCUT2D eigenvalue weighted by atomic mass is 9.77. The summed E-state index contributed by atoms with van der Waals surface area (Å²) in [4.78, 5) is 68.9. The summed E-state index contributed by atoms with van der Waals surface area (Å²) in [5.41, 5.74) is -1.65. The van der Waals surface area contributed by atoms with Crippen LogP contribution in [-0.4, -0.2) is 89.9 Å². The van der Waals surface area contributed by atoms with E-state index in [4.69, 9.17) is 24.2 Å². The standard InChI is InChI=1S/C44H60F2N4O9S/c1-7-28-35-24-50(37(28)34(51)23-44(22-30(44)38(45)46)41(54)49-60(55,56)27-16-17-27)40(53)29(42(2,3)4)21-36(52)59-43(5)19-11-13-25(43)12-9-8-10-14-32-39(58-35)48-33-20-26(57-6)15-18-31(33)47-32/h15,18,20,25,27-30,35,37-38H,7-14,16-17,19,21-24H2,1-6H3,(H,49,54)/t25-,28-,29-,30+,35+,37?,43-,44-/m1/s1. The number of sulfonamides is 1. The Hall–Kier alpha value is -3.95. The van der Waals surface area contributed by atoms with Crippen LogP contribution in [0.15, 0.2) is 18.2 Å². The third-order valence-electron chi connectivity index (χ3n) is 14.0. The molecule has 2 aliphatic heterocycles. The van der Waals surface area contributed by atoms with Crippen molar-refractivity contribution < 1.29 is 50.6 Å². The van der Waals surface area contributed by atoms with Crippen molar-refractivity contribution in [3.05, 3.63) is 23.9 Å². The molecule has 330 valence electrons. The maximum atomic E-state index is 15.1. The highest BCUT2D eigenvalue weighted by Gasteiger charge is 2.66. The quantitative estimate of drug-likeness (QED) is 0.265. The van der Waals surface area contributed by atoms with Crippen LogP contribution in [0.4, 0.5) is 8.78 Å². The minimum Gasteiger partial charge on any atom is -0.497 e. The van der Waals surface area contributed by atoms with Gasteiger partial charge in [-0.2, -0.15) is 0 Å². The number of nitrogens with zero attached hydrogens (tertiary/aromatic N) is 3. The molecule has 3 heterocycles. The number of hydrogen-bond donors (Lipinski definition) is 1. The number of nitrogens with one attached hydrogen (secondary N) is 1. The van der Waals surface area contributed by atoms with Gasteiger partial charge in [0, 0.05) is 24.3 Å². The fourth-order valence-corrected chi connectivity index (χ4v) is 11.5. The number of alkyl halides is 2. The van der Waals surface area contributed by atoms with Gasteiger partial charge in [0.2, 0.25) is 34.1 Å². The zero-order chi connectivity index (χ0) is 43.4. The Kier molecular flexibility index (Phi) is 12.3. The molecule has 16 heteroatoms. The summed E-state index contributed by atoms with van der Waals surface area (Å²) < 4.78 is 75.0. The molecular formula is C44H60F2N4O9S. The van der Waals surface area contributed by atoms with Crippen molar-refractivity contribution >= 4 is 44.6 Å². The summed E-state index contributed by atoms with van der Waals surface area (Å²) in [6.07, 6.45) is 2.48. The molecule has 60 heavy (non-hydrogen) atoms. The second kappa shape index (κ2) is 16.7. The van der Waals surface area contributed by atoms with E-state index in [1.165, 1.54) is 4.90 Å². The van der Waals surface area contributed by atoms with Crippen LogP contribution in [0, 0.1) is 34.5 Å². The molecule has 2 bridgehead atoms. The Morgan fingerprint density at radius 2 is 1.78 bits per heavy atom. The number of halogens is 2. The molecule has 2 aromatic rings. The monoisotopic (exact) mass is 858 g/mol. The zero-order valence-electron chi connectivity index (χ0n) is 35.6. The highest BCUT2D eigenvalue weighted by Crippen LogP contribution is 2.59. The Bertz CT molecular complexity index is 2110. The summed E-state index contributed by atoms with van der Waals surface area (Å²) in [5, 5.41) is -0.783. The van der Waals surface area contributed by atoms with Gasteiger partial charge in [-0.3, -0.25) is 23.9 Å². The molecule has 7 rings (SSSR count). The Balaban J connectivity index is 1.29. The number of aryl methyl sites for hydroxylation is 1. The van der Waals surface area contributed by atoms with Gasteiger partial charge >= 0.3 is 5.97 Å². The van der Waals surface area contributed by atoms with Crippen LogP contribution in [0.5, 0.6) is 11.6 Å². The number of hydrogen-bond acceptors (Lipinski definition) is 11. The Morgan fingerprint density at radius 1 is 1.05 bits per heavy atom. The highest BCUT2D eigenvalue weighted by molar-refractivity contribution is 7.90. The SMILES string of the molecule is CC[C@H]1C(C(=O)C[C@]2(C(=O)NS(=O)(=O)C3CC3)C[C@H]2C(F)F)N2C[C@@H]1Oc1nc3cc(OC)ccc3nc1CCCCC[C@@H]1CCC[C@@]1(C)OC(=O)C[C@@H](C(C)(C)C)C2=O. The second-order valence-corrected chi connectivity index (χ2v) is 21.2. The molecule has 8 atom stereocenters. The third-order valence-corrected chi connectivity index (χ3v) is 15.9. The van der Waals surface area contributed by atoms with E-state index >= 15 is 4.79 Å². The topological polar surface area (TPSA) is 171 Å². The Labute approximate surface area is 351 Å². The van der Waals surface area contributed by atoms with E-state index in [0.717, 1.165) is 44.9 Å². The van der Waals surface area contributed by atoms with Gasteiger partial charge in [0.1, 0.15) is 23.1 Å². The predicted octanol–water partition coefficient (Wildman–Crippen LogP) is 6.73. The number of amides is 2. The molecule has 4 fully saturated rings. The van der Waals surface area contributed by atoms with E-state index in [9.17, 15) is 31.6 Å². The lowest BCUT2D eigenvalue weighted by Gasteiger charge is -2.37. The van der Waals surface area contributed by atoms with Crippen molar-refractivity contribution in [2.45, 2.75) is 154 Å². The summed E-state index contributed by atoms with van der Waals surface area (Å²) in [7, 11) is -2.55. The molecule has 0 spiro atoms. The van der Waals surface area contributed by atoms with Crippen molar-refractivity contribution in [1.82, 2.24) is 19.6 Å². The number of aromatic nitrogens is 2. The number of esters is 1. The number of Topliss-reactive ketones (excluding diaryl/α,β-unsaturated/α-hetero) is 1. The molecule has 0 radical (unpaired) electrons. The molecule has 1 aromatic carbocycles. The maximum Gasteiger partial charge on any atom is 0.307 e. The van der Waals surface area contributed by atoms with E-state index in [2.05, 4.69) is 0 Å². The molecule has 3 saturated carbocycles. The summed E-state index contributed by atoms with van der Waals surface area (Å²) in [5.74, 6) is -4.97. The van der Waals surface area contributed by atoms with Crippen LogP contribution in [0.1, 0.15) is 124 Å².